The molecular formula is C19H15Cl2N3O2. The third-order valence-corrected chi connectivity index (χ3v) is 4.03. The van der Waals surface area contributed by atoms with Crippen LogP contribution in [-0.4, -0.2) is 18.0 Å². The monoisotopic (exact) mass is 387 g/mol. The maximum absolute atomic E-state index is 12.5. The van der Waals surface area contributed by atoms with Gasteiger partial charge in [-0.25, -0.2) is 0 Å². The molecule has 0 saturated carbocycles. The first-order valence-corrected chi connectivity index (χ1v) is 8.43. The minimum atomic E-state index is -0.321. The lowest BCUT2D eigenvalue weighted by atomic mass is 10.2. The first-order valence-electron chi connectivity index (χ1n) is 7.67. The standard InChI is InChI=1S/C19H15Cl2N3O2/c1-26-18-7-4-14(21)9-17(18)24-19(25)12-8-16(11-22-10-12)23-15-5-2-13(20)3-6-15/h2-11,23H,1H3,(H,24,25). The third kappa shape index (κ3) is 4.45. The van der Waals surface area contributed by atoms with E-state index < -0.39 is 0 Å². The number of amides is 1. The van der Waals surface area contributed by atoms with Crippen LogP contribution >= 0.6 is 23.2 Å². The lowest BCUT2D eigenvalue weighted by Gasteiger charge is -2.11. The van der Waals surface area contributed by atoms with E-state index in [1.54, 1.807) is 42.6 Å². The summed E-state index contributed by atoms with van der Waals surface area (Å²) in [6.07, 6.45) is 3.12. The highest BCUT2D eigenvalue weighted by molar-refractivity contribution is 6.31. The van der Waals surface area contributed by atoms with E-state index in [0.717, 1.165) is 5.69 Å². The fraction of sp³-hybridized carbons (Fsp3) is 0.0526. The van der Waals surface area contributed by atoms with E-state index in [0.29, 0.717) is 32.7 Å². The van der Waals surface area contributed by atoms with Crippen LogP contribution in [0.15, 0.2) is 60.9 Å². The van der Waals surface area contributed by atoms with Crippen molar-refractivity contribution in [2.45, 2.75) is 0 Å². The van der Waals surface area contributed by atoms with Crippen molar-refractivity contribution in [2.24, 2.45) is 0 Å². The molecule has 1 amide bonds. The number of hydrogen-bond acceptors (Lipinski definition) is 4. The van der Waals surface area contributed by atoms with E-state index >= 15 is 0 Å². The molecule has 26 heavy (non-hydrogen) atoms. The summed E-state index contributed by atoms with van der Waals surface area (Å²) in [6.45, 7) is 0. The molecule has 3 rings (SSSR count). The molecule has 1 aromatic heterocycles. The van der Waals surface area contributed by atoms with Gasteiger partial charge in [-0.15, -0.1) is 0 Å². The predicted molar refractivity (Wildman–Crippen MR) is 105 cm³/mol. The number of rotatable bonds is 5. The molecule has 0 bridgehead atoms. The molecule has 0 aliphatic carbocycles. The number of carbonyl (C=O) groups excluding carboxylic acids is 1. The SMILES string of the molecule is COc1ccc(Cl)cc1NC(=O)c1cncc(Nc2ccc(Cl)cc2)c1. The van der Waals surface area contributed by atoms with Crippen LogP contribution in [0.5, 0.6) is 5.75 Å². The molecule has 2 N–H and O–H groups in total. The van der Waals surface area contributed by atoms with Gasteiger partial charge >= 0.3 is 0 Å². The molecule has 0 spiro atoms. The van der Waals surface area contributed by atoms with Crippen molar-refractivity contribution in [1.29, 1.82) is 0 Å². The number of nitrogens with one attached hydrogen (secondary N) is 2. The van der Waals surface area contributed by atoms with E-state index in [9.17, 15) is 4.79 Å². The molecule has 0 atom stereocenters. The van der Waals surface area contributed by atoms with Gasteiger partial charge in [-0.2, -0.15) is 0 Å². The van der Waals surface area contributed by atoms with Crippen LogP contribution in [0, 0.1) is 0 Å². The van der Waals surface area contributed by atoms with Crippen LogP contribution in [0.2, 0.25) is 10.0 Å². The molecule has 3 aromatic rings. The molecule has 0 fully saturated rings. The highest BCUT2D eigenvalue weighted by Crippen LogP contribution is 2.28. The normalized spacial score (nSPS) is 10.3. The molecule has 0 saturated heterocycles. The molecule has 2 aromatic carbocycles. The fourth-order valence-electron chi connectivity index (χ4n) is 2.30. The lowest BCUT2D eigenvalue weighted by Crippen LogP contribution is -2.13. The summed E-state index contributed by atoms with van der Waals surface area (Å²) in [4.78, 5) is 16.7. The first kappa shape index (κ1) is 18.0. The predicted octanol–water partition coefficient (Wildman–Crippen LogP) is 5.39. The van der Waals surface area contributed by atoms with E-state index in [2.05, 4.69) is 15.6 Å². The Balaban J connectivity index is 1.78. The van der Waals surface area contributed by atoms with Crippen molar-refractivity contribution in [3.63, 3.8) is 0 Å². The quantitative estimate of drug-likeness (QED) is 0.615. The Morgan fingerprint density at radius 3 is 2.42 bits per heavy atom. The number of nitrogens with zero attached hydrogens (tertiary/aromatic N) is 1. The Morgan fingerprint density at radius 2 is 1.69 bits per heavy atom. The summed E-state index contributed by atoms with van der Waals surface area (Å²) in [5.74, 6) is 0.198. The molecule has 1 heterocycles. The van der Waals surface area contributed by atoms with Crippen molar-refractivity contribution in [3.05, 3.63) is 76.5 Å². The van der Waals surface area contributed by atoms with Gasteiger partial charge in [0.05, 0.1) is 30.2 Å². The number of ether oxygens (including phenoxy) is 1. The summed E-state index contributed by atoms with van der Waals surface area (Å²) >= 11 is 11.9. The van der Waals surface area contributed by atoms with Gasteiger partial charge in [0.15, 0.2) is 0 Å². The number of halogens is 2. The highest BCUT2D eigenvalue weighted by atomic mass is 35.5. The molecule has 0 aliphatic heterocycles. The van der Waals surface area contributed by atoms with E-state index in [1.165, 1.54) is 13.3 Å². The highest BCUT2D eigenvalue weighted by Gasteiger charge is 2.11. The summed E-state index contributed by atoms with van der Waals surface area (Å²) in [7, 11) is 1.52. The average molecular weight is 388 g/mol. The zero-order valence-corrected chi connectivity index (χ0v) is 15.3. The Morgan fingerprint density at radius 1 is 0.962 bits per heavy atom. The molecule has 7 heteroatoms. The van der Waals surface area contributed by atoms with E-state index in [4.69, 9.17) is 27.9 Å². The van der Waals surface area contributed by atoms with Crippen LogP contribution in [0.25, 0.3) is 0 Å². The van der Waals surface area contributed by atoms with Crippen LogP contribution in [0.1, 0.15) is 10.4 Å². The third-order valence-electron chi connectivity index (χ3n) is 3.54. The second kappa shape index (κ2) is 8.08. The number of benzene rings is 2. The van der Waals surface area contributed by atoms with Crippen molar-refractivity contribution < 1.29 is 9.53 Å². The zero-order valence-electron chi connectivity index (χ0n) is 13.8. The number of carbonyl (C=O) groups is 1. The fourth-order valence-corrected chi connectivity index (χ4v) is 2.60. The maximum Gasteiger partial charge on any atom is 0.257 e. The maximum atomic E-state index is 12.5. The average Bonchev–Trinajstić information content (AvgIpc) is 2.64. The number of pyridine rings is 1. The summed E-state index contributed by atoms with van der Waals surface area (Å²) < 4.78 is 5.24. The Bertz CT molecular complexity index is 930. The molecule has 132 valence electrons. The molecule has 5 nitrogen and oxygen atoms in total. The van der Waals surface area contributed by atoms with Gasteiger partial charge in [0.25, 0.3) is 5.91 Å². The van der Waals surface area contributed by atoms with Crippen LogP contribution < -0.4 is 15.4 Å². The van der Waals surface area contributed by atoms with Crippen molar-refractivity contribution in [3.8, 4) is 5.75 Å². The number of hydrogen-bond donors (Lipinski definition) is 2. The van der Waals surface area contributed by atoms with E-state index in [-0.39, 0.29) is 5.91 Å². The van der Waals surface area contributed by atoms with Gasteiger partial charge in [-0.3, -0.25) is 9.78 Å². The second-order valence-corrected chi connectivity index (χ2v) is 6.27. The summed E-state index contributed by atoms with van der Waals surface area (Å²) in [5.41, 5.74) is 2.40. The molecule has 0 aliphatic rings. The van der Waals surface area contributed by atoms with Crippen molar-refractivity contribution in [2.75, 3.05) is 17.7 Å². The van der Waals surface area contributed by atoms with Gasteiger partial charge in [-0.1, -0.05) is 23.2 Å². The zero-order chi connectivity index (χ0) is 18.5. The number of methoxy groups -OCH3 is 1. The molecule has 0 radical (unpaired) electrons. The lowest BCUT2D eigenvalue weighted by molar-refractivity contribution is 0.102. The van der Waals surface area contributed by atoms with Crippen molar-refractivity contribution in [1.82, 2.24) is 4.98 Å². The minimum absolute atomic E-state index is 0.321. The topological polar surface area (TPSA) is 63.2 Å². The number of aromatic nitrogens is 1. The first-order chi connectivity index (χ1) is 12.5. The van der Waals surface area contributed by atoms with Crippen LogP contribution in [0.4, 0.5) is 17.1 Å². The summed E-state index contributed by atoms with van der Waals surface area (Å²) in [6, 6.07) is 13.9. The van der Waals surface area contributed by atoms with Gasteiger partial charge in [0.1, 0.15) is 5.75 Å². The van der Waals surface area contributed by atoms with Gasteiger partial charge in [0.2, 0.25) is 0 Å². The summed E-state index contributed by atoms with van der Waals surface area (Å²) in [5, 5.41) is 7.11. The largest absolute Gasteiger partial charge is 0.495 e. The molecular weight excluding hydrogens is 373 g/mol. The number of anilines is 3. The Hall–Kier alpha value is -2.76. The van der Waals surface area contributed by atoms with Crippen LogP contribution in [-0.2, 0) is 0 Å². The minimum Gasteiger partial charge on any atom is -0.495 e. The van der Waals surface area contributed by atoms with Crippen molar-refractivity contribution >= 4 is 46.2 Å². The van der Waals surface area contributed by atoms with E-state index in [1.807, 2.05) is 12.1 Å². The molecule has 0 unspecified atom stereocenters. The van der Waals surface area contributed by atoms with Gasteiger partial charge < -0.3 is 15.4 Å². The van der Waals surface area contributed by atoms with Crippen LogP contribution in [0.3, 0.4) is 0 Å². The smallest absolute Gasteiger partial charge is 0.257 e. The Kier molecular flexibility index (Phi) is 5.61. The van der Waals surface area contributed by atoms with Gasteiger partial charge in [0, 0.05) is 21.9 Å². The van der Waals surface area contributed by atoms with Gasteiger partial charge in [-0.05, 0) is 48.5 Å². The Labute approximate surface area is 160 Å². The second-order valence-electron chi connectivity index (χ2n) is 5.39.